The minimum atomic E-state index is -3.64. The number of sulfone groups is 1. The number of amides is 1. The van der Waals surface area contributed by atoms with Crippen LogP contribution in [0.5, 0.6) is 0 Å². The monoisotopic (exact) mass is 346 g/mol. The average molecular weight is 346 g/mol. The zero-order valence-corrected chi connectivity index (χ0v) is 13.5. The van der Waals surface area contributed by atoms with Crippen LogP contribution in [0.15, 0.2) is 53.4 Å². The van der Waals surface area contributed by atoms with Crippen molar-refractivity contribution in [3.8, 4) is 6.07 Å². The maximum Gasteiger partial charge on any atom is 0.225 e. The lowest BCUT2D eigenvalue weighted by Gasteiger charge is -2.07. The van der Waals surface area contributed by atoms with E-state index in [9.17, 15) is 17.6 Å². The van der Waals surface area contributed by atoms with Crippen LogP contribution in [0.1, 0.15) is 12.0 Å². The van der Waals surface area contributed by atoms with Crippen molar-refractivity contribution in [1.82, 2.24) is 0 Å². The first-order valence-corrected chi connectivity index (χ1v) is 8.80. The van der Waals surface area contributed by atoms with Gasteiger partial charge in [-0.25, -0.2) is 12.8 Å². The lowest BCUT2D eigenvalue weighted by atomic mass is 10.1. The molecule has 0 radical (unpaired) electrons. The maximum absolute atomic E-state index is 12.8. The molecule has 0 saturated heterocycles. The zero-order chi connectivity index (χ0) is 17.6. The number of benzene rings is 2. The minimum absolute atomic E-state index is 0.0162. The average Bonchev–Trinajstić information content (AvgIpc) is 2.56. The highest BCUT2D eigenvalue weighted by atomic mass is 32.2. The van der Waals surface area contributed by atoms with Gasteiger partial charge in [-0.2, -0.15) is 5.26 Å². The first-order valence-electron chi connectivity index (χ1n) is 7.15. The number of carbonyl (C=O) groups excluding carboxylic acids is 1. The van der Waals surface area contributed by atoms with Gasteiger partial charge in [0, 0.05) is 12.1 Å². The SMILES string of the molecule is N#CCc1ccc(NC(=O)CCS(=O)(=O)c2ccc(F)cc2)cc1. The second-order valence-electron chi connectivity index (χ2n) is 5.10. The first-order chi connectivity index (χ1) is 11.4. The van der Waals surface area contributed by atoms with E-state index in [0.717, 1.165) is 17.7 Å². The molecule has 5 nitrogen and oxygen atoms in total. The van der Waals surface area contributed by atoms with Crippen molar-refractivity contribution in [3.05, 3.63) is 59.9 Å². The topological polar surface area (TPSA) is 87.0 Å². The highest BCUT2D eigenvalue weighted by Gasteiger charge is 2.16. The Morgan fingerprint density at radius 3 is 2.29 bits per heavy atom. The highest BCUT2D eigenvalue weighted by Crippen LogP contribution is 2.14. The van der Waals surface area contributed by atoms with Crippen LogP contribution in [-0.4, -0.2) is 20.1 Å². The van der Waals surface area contributed by atoms with Gasteiger partial charge in [0.05, 0.1) is 23.1 Å². The number of nitriles is 1. The molecule has 1 amide bonds. The summed E-state index contributed by atoms with van der Waals surface area (Å²) >= 11 is 0. The molecule has 0 aliphatic rings. The van der Waals surface area contributed by atoms with E-state index < -0.39 is 21.6 Å². The second kappa shape index (κ2) is 7.70. The molecule has 0 aliphatic heterocycles. The molecule has 0 fully saturated rings. The van der Waals surface area contributed by atoms with Crippen LogP contribution in [0.2, 0.25) is 0 Å². The van der Waals surface area contributed by atoms with Crippen LogP contribution in [0.25, 0.3) is 0 Å². The summed E-state index contributed by atoms with van der Waals surface area (Å²) in [6.07, 6.45) is 0.0732. The van der Waals surface area contributed by atoms with Gasteiger partial charge in [-0.1, -0.05) is 12.1 Å². The Kier molecular flexibility index (Phi) is 5.66. The largest absolute Gasteiger partial charge is 0.326 e. The van der Waals surface area contributed by atoms with Crippen LogP contribution in [0.4, 0.5) is 10.1 Å². The summed E-state index contributed by atoms with van der Waals surface area (Å²) in [7, 11) is -3.64. The van der Waals surface area contributed by atoms with Crippen molar-refractivity contribution in [2.75, 3.05) is 11.1 Å². The molecule has 0 aliphatic carbocycles. The van der Waals surface area contributed by atoms with Gasteiger partial charge in [-0.15, -0.1) is 0 Å². The Hall–Kier alpha value is -2.72. The van der Waals surface area contributed by atoms with E-state index in [1.54, 1.807) is 24.3 Å². The number of halogens is 1. The third kappa shape index (κ3) is 4.89. The molecule has 2 rings (SSSR count). The number of rotatable bonds is 6. The summed E-state index contributed by atoms with van der Waals surface area (Å²) in [5.41, 5.74) is 1.36. The molecule has 0 spiro atoms. The van der Waals surface area contributed by atoms with Crippen molar-refractivity contribution >= 4 is 21.4 Å². The molecule has 0 heterocycles. The van der Waals surface area contributed by atoms with E-state index >= 15 is 0 Å². The van der Waals surface area contributed by atoms with E-state index in [1.807, 2.05) is 6.07 Å². The Morgan fingerprint density at radius 2 is 1.71 bits per heavy atom. The fraction of sp³-hybridized carbons (Fsp3) is 0.176. The Bertz CT molecular complexity index is 854. The minimum Gasteiger partial charge on any atom is -0.326 e. The smallest absolute Gasteiger partial charge is 0.225 e. The van der Waals surface area contributed by atoms with E-state index in [4.69, 9.17) is 5.26 Å². The summed E-state index contributed by atoms with van der Waals surface area (Å²) < 4.78 is 37.0. The van der Waals surface area contributed by atoms with Crippen LogP contribution >= 0.6 is 0 Å². The molecule has 2 aromatic carbocycles. The fourth-order valence-corrected chi connectivity index (χ4v) is 3.25. The molecular weight excluding hydrogens is 331 g/mol. The molecule has 0 atom stereocenters. The maximum atomic E-state index is 12.8. The van der Waals surface area contributed by atoms with Crippen molar-refractivity contribution in [2.24, 2.45) is 0 Å². The quantitative estimate of drug-likeness (QED) is 0.815. The van der Waals surface area contributed by atoms with Gasteiger partial charge in [0.25, 0.3) is 0 Å². The molecule has 24 heavy (non-hydrogen) atoms. The number of hydrogen-bond acceptors (Lipinski definition) is 4. The third-order valence-corrected chi connectivity index (χ3v) is 5.02. The first kappa shape index (κ1) is 17.6. The van der Waals surface area contributed by atoms with Crippen molar-refractivity contribution in [1.29, 1.82) is 5.26 Å². The van der Waals surface area contributed by atoms with Crippen molar-refractivity contribution in [2.45, 2.75) is 17.7 Å². The summed E-state index contributed by atoms with van der Waals surface area (Å²) in [5.74, 6) is -1.32. The van der Waals surface area contributed by atoms with Crippen LogP contribution < -0.4 is 5.32 Å². The van der Waals surface area contributed by atoms with Gasteiger partial charge >= 0.3 is 0 Å². The predicted molar refractivity (Wildman–Crippen MR) is 87.5 cm³/mol. The van der Waals surface area contributed by atoms with Gasteiger partial charge < -0.3 is 5.32 Å². The molecule has 0 unspecified atom stereocenters. The van der Waals surface area contributed by atoms with Crippen molar-refractivity contribution in [3.63, 3.8) is 0 Å². The van der Waals surface area contributed by atoms with Gasteiger partial charge in [-0.05, 0) is 42.0 Å². The zero-order valence-electron chi connectivity index (χ0n) is 12.7. The summed E-state index contributed by atoms with van der Waals surface area (Å²) in [5, 5.41) is 11.2. The summed E-state index contributed by atoms with van der Waals surface area (Å²) in [4.78, 5) is 11.9. The van der Waals surface area contributed by atoms with Crippen LogP contribution in [0, 0.1) is 17.1 Å². The molecule has 7 heteroatoms. The molecule has 124 valence electrons. The van der Waals surface area contributed by atoms with Gasteiger partial charge in [0.2, 0.25) is 5.91 Å². The summed E-state index contributed by atoms with van der Waals surface area (Å²) in [6.45, 7) is 0. The Balaban J connectivity index is 1.92. The standard InChI is InChI=1S/C17H15FN2O3S/c18-14-3-7-16(8-4-14)24(22,23)12-10-17(21)20-15-5-1-13(2-6-15)9-11-19/h1-8H,9-10,12H2,(H,20,21). The normalized spacial score (nSPS) is 10.8. The van der Waals surface area contributed by atoms with Gasteiger partial charge in [0.1, 0.15) is 5.82 Å². The number of anilines is 1. The predicted octanol–water partition coefficient (Wildman–Crippen LogP) is 2.69. The number of nitrogens with zero attached hydrogens (tertiary/aromatic N) is 1. The highest BCUT2D eigenvalue weighted by molar-refractivity contribution is 7.91. The lowest BCUT2D eigenvalue weighted by molar-refractivity contribution is -0.115. The van der Waals surface area contributed by atoms with Gasteiger partial charge in [0.15, 0.2) is 9.84 Å². The number of hydrogen-bond donors (Lipinski definition) is 1. The molecule has 2 aromatic rings. The van der Waals surface area contributed by atoms with Gasteiger partial charge in [-0.3, -0.25) is 4.79 Å². The van der Waals surface area contributed by atoms with E-state index in [-0.39, 0.29) is 23.5 Å². The number of nitrogens with one attached hydrogen (secondary N) is 1. The van der Waals surface area contributed by atoms with Crippen LogP contribution in [-0.2, 0) is 21.1 Å². The van der Waals surface area contributed by atoms with E-state index in [0.29, 0.717) is 5.69 Å². The molecule has 1 N–H and O–H groups in total. The van der Waals surface area contributed by atoms with E-state index in [2.05, 4.69) is 5.32 Å². The Labute approximate surface area is 139 Å². The second-order valence-corrected chi connectivity index (χ2v) is 7.21. The Morgan fingerprint density at radius 1 is 1.08 bits per heavy atom. The molecular formula is C17H15FN2O3S. The fourth-order valence-electron chi connectivity index (χ4n) is 2.01. The molecule has 0 saturated carbocycles. The molecule has 0 aromatic heterocycles. The van der Waals surface area contributed by atoms with E-state index in [1.165, 1.54) is 12.1 Å². The van der Waals surface area contributed by atoms with Crippen molar-refractivity contribution < 1.29 is 17.6 Å². The lowest BCUT2D eigenvalue weighted by Crippen LogP contribution is -2.17. The third-order valence-electron chi connectivity index (χ3n) is 3.29. The number of carbonyl (C=O) groups is 1. The van der Waals surface area contributed by atoms with Crippen LogP contribution in [0.3, 0.4) is 0 Å². The summed E-state index contributed by atoms with van der Waals surface area (Å²) in [6, 6.07) is 13.2. The molecule has 0 bridgehead atoms.